The van der Waals surface area contributed by atoms with Gasteiger partial charge in [0, 0.05) is 31.8 Å². The third-order valence-corrected chi connectivity index (χ3v) is 3.04. The lowest BCUT2D eigenvalue weighted by atomic mass is 10.1. The van der Waals surface area contributed by atoms with Gasteiger partial charge in [0.15, 0.2) is 0 Å². The van der Waals surface area contributed by atoms with Gasteiger partial charge >= 0.3 is 0 Å². The molecule has 0 aromatic carbocycles. The zero-order chi connectivity index (χ0) is 13.6. The molecule has 18 heavy (non-hydrogen) atoms. The Labute approximate surface area is 110 Å². The second-order valence-corrected chi connectivity index (χ2v) is 4.99. The zero-order valence-electron chi connectivity index (χ0n) is 12.0. The molecule has 0 fully saturated rings. The number of aryl methyl sites for hydroxylation is 1. The van der Waals surface area contributed by atoms with Crippen molar-refractivity contribution in [2.45, 2.75) is 39.3 Å². The average Bonchev–Trinajstić information content (AvgIpc) is 2.32. The van der Waals surface area contributed by atoms with Crippen LogP contribution in [0.3, 0.4) is 0 Å². The van der Waals surface area contributed by atoms with Crippen molar-refractivity contribution in [2.24, 2.45) is 0 Å². The highest BCUT2D eigenvalue weighted by Gasteiger charge is 2.16. The van der Waals surface area contributed by atoms with Gasteiger partial charge in [-0.15, -0.1) is 0 Å². The summed E-state index contributed by atoms with van der Waals surface area (Å²) in [7, 11) is 3.64. The molecule has 0 atom stereocenters. The Kier molecular flexibility index (Phi) is 5.56. The standard InChI is InChI=1S/C14H24N2O2/c1-11-12(10-15-4)6-7-13(16-11)18-9-8-14(2,3)17-5/h6-7,15H,8-10H2,1-5H3. The Morgan fingerprint density at radius 3 is 2.61 bits per heavy atom. The lowest BCUT2D eigenvalue weighted by Gasteiger charge is -2.22. The van der Waals surface area contributed by atoms with E-state index in [1.165, 1.54) is 5.56 Å². The van der Waals surface area contributed by atoms with E-state index in [4.69, 9.17) is 9.47 Å². The van der Waals surface area contributed by atoms with Gasteiger partial charge in [-0.2, -0.15) is 0 Å². The molecule has 0 aliphatic carbocycles. The second kappa shape index (κ2) is 6.71. The molecule has 0 radical (unpaired) electrons. The number of rotatable bonds is 7. The molecule has 1 aromatic heterocycles. The number of hydrogen-bond acceptors (Lipinski definition) is 4. The summed E-state index contributed by atoms with van der Waals surface area (Å²) in [5.74, 6) is 0.680. The summed E-state index contributed by atoms with van der Waals surface area (Å²) in [5.41, 5.74) is 2.05. The Balaban J connectivity index is 2.51. The molecule has 0 aliphatic rings. The number of ether oxygens (including phenoxy) is 2. The van der Waals surface area contributed by atoms with Crippen LogP contribution in [0.5, 0.6) is 5.88 Å². The first-order valence-electron chi connectivity index (χ1n) is 6.27. The van der Waals surface area contributed by atoms with Crippen molar-refractivity contribution in [3.63, 3.8) is 0 Å². The Hall–Kier alpha value is -1.13. The molecule has 0 bridgehead atoms. The maximum absolute atomic E-state index is 5.65. The van der Waals surface area contributed by atoms with Crippen LogP contribution in [0.25, 0.3) is 0 Å². The van der Waals surface area contributed by atoms with E-state index in [1.54, 1.807) is 7.11 Å². The summed E-state index contributed by atoms with van der Waals surface area (Å²) in [5, 5.41) is 3.12. The number of aromatic nitrogens is 1. The molecule has 0 aliphatic heterocycles. The van der Waals surface area contributed by atoms with Crippen LogP contribution in [0.15, 0.2) is 12.1 Å². The molecular weight excluding hydrogens is 228 g/mol. The number of nitrogens with zero attached hydrogens (tertiary/aromatic N) is 1. The van der Waals surface area contributed by atoms with Crippen molar-refractivity contribution in [1.29, 1.82) is 0 Å². The molecule has 4 nitrogen and oxygen atoms in total. The maximum Gasteiger partial charge on any atom is 0.213 e. The van der Waals surface area contributed by atoms with E-state index < -0.39 is 0 Å². The molecule has 1 heterocycles. The van der Waals surface area contributed by atoms with E-state index in [-0.39, 0.29) is 5.60 Å². The Morgan fingerprint density at radius 2 is 2.06 bits per heavy atom. The second-order valence-electron chi connectivity index (χ2n) is 4.99. The highest BCUT2D eigenvalue weighted by atomic mass is 16.5. The Morgan fingerprint density at radius 1 is 1.33 bits per heavy atom. The van der Waals surface area contributed by atoms with Crippen molar-refractivity contribution < 1.29 is 9.47 Å². The van der Waals surface area contributed by atoms with Crippen LogP contribution in [0, 0.1) is 6.92 Å². The van der Waals surface area contributed by atoms with E-state index in [1.807, 2.05) is 33.9 Å². The number of nitrogens with one attached hydrogen (secondary N) is 1. The summed E-state index contributed by atoms with van der Waals surface area (Å²) in [6.07, 6.45) is 0.836. The molecule has 1 aromatic rings. The molecular formula is C14H24N2O2. The van der Waals surface area contributed by atoms with Crippen LogP contribution in [-0.4, -0.2) is 31.3 Å². The highest BCUT2D eigenvalue weighted by molar-refractivity contribution is 5.24. The van der Waals surface area contributed by atoms with Crippen molar-refractivity contribution in [2.75, 3.05) is 20.8 Å². The van der Waals surface area contributed by atoms with Crippen LogP contribution < -0.4 is 10.1 Å². The molecule has 1 rings (SSSR count). The summed E-state index contributed by atoms with van der Waals surface area (Å²) in [6, 6.07) is 3.97. The minimum absolute atomic E-state index is 0.152. The van der Waals surface area contributed by atoms with Crippen molar-refractivity contribution in [3.05, 3.63) is 23.4 Å². The zero-order valence-corrected chi connectivity index (χ0v) is 12.0. The van der Waals surface area contributed by atoms with Crippen molar-refractivity contribution in [3.8, 4) is 5.88 Å². The summed E-state index contributed by atoms with van der Waals surface area (Å²) < 4.78 is 11.0. The third kappa shape index (κ3) is 4.63. The van der Waals surface area contributed by atoms with Crippen LogP contribution in [0.4, 0.5) is 0 Å². The average molecular weight is 252 g/mol. The monoisotopic (exact) mass is 252 g/mol. The van der Waals surface area contributed by atoms with E-state index in [9.17, 15) is 0 Å². The van der Waals surface area contributed by atoms with Gasteiger partial charge in [0.25, 0.3) is 0 Å². The normalized spacial score (nSPS) is 11.6. The summed E-state index contributed by atoms with van der Waals surface area (Å²) in [4.78, 5) is 4.43. The molecule has 1 N–H and O–H groups in total. The lowest BCUT2D eigenvalue weighted by molar-refractivity contribution is 0.00507. The predicted octanol–water partition coefficient (Wildman–Crippen LogP) is 2.30. The molecule has 0 unspecified atom stereocenters. The topological polar surface area (TPSA) is 43.4 Å². The quantitative estimate of drug-likeness (QED) is 0.808. The van der Waals surface area contributed by atoms with E-state index >= 15 is 0 Å². The van der Waals surface area contributed by atoms with E-state index in [0.717, 1.165) is 18.7 Å². The van der Waals surface area contributed by atoms with Gasteiger partial charge < -0.3 is 14.8 Å². The molecule has 0 saturated heterocycles. The highest BCUT2D eigenvalue weighted by Crippen LogP contribution is 2.16. The summed E-state index contributed by atoms with van der Waals surface area (Å²) in [6.45, 7) is 7.53. The van der Waals surface area contributed by atoms with Crippen LogP contribution in [0.1, 0.15) is 31.5 Å². The van der Waals surface area contributed by atoms with Gasteiger partial charge in [-0.3, -0.25) is 0 Å². The first-order valence-corrected chi connectivity index (χ1v) is 6.27. The van der Waals surface area contributed by atoms with Gasteiger partial charge in [0.05, 0.1) is 12.2 Å². The minimum Gasteiger partial charge on any atom is -0.478 e. The van der Waals surface area contributed by atoms with E-state index in [0.29, 0.717) is 12.5 Å². The molecule has 4 heteroatoms. The van der Waals surface area contributed by atoms with E-state index in [2.05, 4.69) is 16.4 Å². The predicted molar refractivity (Wildman–Crippen MR) is 72.9 cm³/mol. The van der Waals surface area contributed by atoms with Gasteiger partial charge in [-0.25, -0.2) is 4.98 Å². The molecule has 0 amide bonds. The van der Waals surface area contributed by atoms with Gasteiger partial charge in [0.2, 0.25) is 5.88 Å². The number of pyridine rings is 1. The largest absolute Gasteiger partial charge is 0.478 e. The van der Waals surface area contributed by atoms with Crippen molar-refractivity contribution >= 4 is 0 Å². The molecule has 102 valence electrons. The fourth-order valence-corrected chi connectivity index (χ4v) is 1.53. The number of hydrogen-bond donors (Lipinski definition) is 1. The van der Waals surface area contributed by atoms with Gasteiger partial charge in [0.1, 0.15) is 0 Å². The smallest absolute Gasteiger partial charge is 0.213 e. The SMILES string of the molecule is CNCc1ccc(OCCC(C)(C)OC)nc1C. The summed E-state index contributed by atoms with van der Waals surface area (Å²) >= 11 is 0. The third-order valence-electron chi connectivity index (χ3n) is 3.04. The lowest BCUT2D eigenvalue weighted by Crippen LogP contribution is -2.25. The van der Waals surface area contributed by atoms with Crippen molar-refractivity contribution in [1.82, 2.24) is 10.3 Å². The molecule has 0 saturated carbocycles. The fraction of sp³-hybridized carbons (Fsp3) is 0.643. The molecule has 0 spiro atoms. The van der Waals surface area contributed by atoms with Crippen LogP contribution >= 0.6 is 0 Å². The number of methoxy groups -OCH3 is 1. The first kappa shape index (κ1) is 14.9. The van der Waals surface area contributed by atoms with Crippen LogP contribution in [0.2, 0.25) is 0 Å². The van der Waals surface area contributed by atoms with Gasteiger partial charge in [-0.05, 0) is 33.4 Å². The Bertz CT molecular complexity index is 378. The first-order chi connectivity index (χ1) is 8.48. The van der Waals surface area contributed by atoms with Crippen LogP contribution in [-0.2, 0) is 11.3 Å². The maximum atomic E-state index is 5.65. The van der Waals surface area contributed by atoms with Gasteiger partial charge in [-0.1, -0.05) is 6.07 Å². The minimum atomic E-state index is -0.152. The fourth-order valence-electron chi connectivity index (χ4n) is 1.53.